The maximum Gasteiger partial charge on any atom is 0.416 e. The Morgan fingerprint density at radius 2 is 1.93 bits per heavy atom. The van der Waals surface area contributed by atoms with E-state index in [1.807, 2.05) is 6.92 Å². The fraction of sp³-hybridized carbons (Fsp3) is 0.333. The lowest BCUT2D eigenvalue weighted by molar-refractivity contribution is -0.137. The van der Waals surface area contributed by atoms with Crippen LogP contribution in [0, 0.1) is 6.92 Å². The summed E-state index contributed by atoms with van der Waals surface area (Å²) in [6.45, 7) is 2.95. The van der Waals surface area contributed by atoms with Crippen LogP contribution in [0.4, 0.5) is 13.2 Å². The van der Waals surface area contributed by atoms with Crippen molar-refractivity contribution in [3.05, 3.63) is 65.4 Å². The second-order valence-electron chi connectivity index (χ2n) is 7.38. The Morgan fingerprint density at radius 1 is 1.17 bits per heavy atom. The molecule has 1 amide bonds. The number of rotatable bonds is 3. The molecular weight excluding hydrogens is 395 g/mol. The topological polar surface area (TPSA) is 74.8 Å². The quantitative estimate of drug-likeness (QED) is 0.695. The molecular formula is C21H20F3N5O. The van der Waals surface area contributed by atoms with Crippen LogP contribution in [0.1, 0.15) is 46.1 Å². The molecule has 1 aromatic carbocycles. The average molecular weight is 415 g/mol. The van der Waals surface area contributed by atoms with Crippen LogP contribution in [0.25, 0.3) is 11.3 Å². The van der Waals surface area contributed by atoms with Crippen molar-refractivity contribution < 1.29 is 18.0 Å². The van der Waals surface area contributed by atoms with Gasteiger partial charge < -0.3 is 4.90 Å². The molecule has 0 spiro atoms. The van der Waals surface area contributed by atoms with Crippen LogP contribution in [-0.2, 0) is 6.18 Å². The highest BCUT2D eigenvalue weighted by Crippen LogP contribution is 2.33. The highest BCUT2D eigenvalue weighted by molar-refractivity contribution is 5.95. The molecule has 4 rings (SSSR count). The molecule has 1 N–H and O–H groups in total. The monoisotopic (exact) mass is 415 g/mol. The van der Waals surface area contributed by atoms with E-state index in [1.54, 1.807) is 17.2 Å². The summed E-state index contributed by atoms with van der Waals surface area (Å²) in [4.78, 5) is 23.2. The third kappa shape index (κ3) is 4.05. The van der Waals surface area contributed by atoms with Crippen LogP contribution >= 0.6 is 0 Å². The standard InChI is InChI=1S/C21H20F3N5O/c1-13-17(10-26-28-13)20(30)29-7-5-14(6-8-29)18-11-25-12-19(27-18)15-3-2-4-16(9-15)21(22,23)24/h2-4,9-12,14H,5-8H2,1H3,(H,26,28). The fourth-order valence-corrected chi connectivity index (χ4v) is 3.69. The Kier molecular flexibility index (Phi) is 5.27. The Hall–Kier alpha value is -3.23. The Balaban J connectivity index is 1.48. The number of aromatic nitrogens is 4. The number of alkyl halides is 3. The largest absolute Gasteiger partial charge is 0.416 e. The van der Waals surface area contributed by atoms with Gasteiger partial charge in [-0.2, -0.15) is 18.3 Å². The van der Waals surface area contributed by atoms with Crippen LogP contribution < -0.4 is 0 Å². The van der Waals surface area contributed by atoms with E-state index in [0.717, 1.165) is 23.5 Å². The summed E-state index contributed by atoms with van der Waals surface area (Å²) in [7, 11) is 0. The fourth-order valence-electron chi connectivity index (χ4n) is 3.69. The van der Waals surface area contributed by atoms with E-state index in [9.17, 15) is 18.0 Å². The Bertz CT molecular complexity index is 1050. The minimum absolute atomic E-state index is 0.0523. The molecule has 0 radical (unpaired) electrons. The first kappa shape index (κ1) is 20.1. The number of H-pyrrole nitrogens is 1. The molecule has 0 saturated carbocycles. The number of nitrogens with one attached hydrogen (secondary N) is 1. The van der Waals surface area contributed by atoms with Crippen molar-refractivity contribution in [2.45, 2.75) is 31.9 Å². The summed E-state index contributed by atoms with van der Waals surface area (Å²) in [5, 5.41) is 6.67. The lowest BCUT2D eigenvalue weighted by atomic mass is 9.93. The number of carbonyl (C=O) groups is 1. The molecule has 0 unspecified atom stereocenters. The molecule has 1 aliphatic heterocycles. The molecule has 9 heteroatoms. The lowest BCUT2D eigenvalue weighted by Gasteiger charge is -2.31. The summed E-state index contributed by atoms with van der Waals surface area (Å²) >= 11 is 0. The van der Waals surface area contributed by atoms with Crippen molar-refractivity contribution in [1.82, 2.24) is 25.1 Å². The maximum absolute atomic E-state index is 13.0. The number of aromatic amines is 1. The van der Waals surface area contributed by atoms with Crippen molar-refractivity contribution in [3.63, 3.8) is 0 Å². The van der Waals surface area contributed by atoms with E-state index in [2.05, 4.69) is 20.2 Å². The van der Waals surface area contributed by atoms with Gasteiger partial charge in [-0.05, 0) is 31.9 Å². The first-order chi connectivity index (χ1) is 14.3. The molecule has 3 aromatic rings. The Morgan fingerprint density at radius 3 is 2.60 bits per heavy atom. The number of benzene rings is 1. The first-order valence-corrected chi connectivity index (χ1v) is 9.62. The van der Waals surface area contributed by atoms with Crippen molar-refractivity contribution in [1.29, 1.82) is 0 Å². The molecule has 6 nitrogen and oxygen atoms in total. The number of piperidine rings is 1. The van der Waals surface area contributed by atoms with Gasteiger partial charge in [0, 0.05) is 36.5 Å². The molecule has 2 aromatic heterocycles. The predicted octanol–water partition coefficient (Wildman–Crippen LogP) is 4.21. The van der Waals surface area contributed by atoms with Gasteiger partial charge in [-0.25, -0.2) is 4.98 Å². The van der Waals surface area contributed by atoms with Gasteiger partial charge in [0.25, 0.3) is 5.91 Å². The molecule has 0 bridgehead atoms. The average Bonchev–Trinajstić information content (AvgIpc) is 3.19. The SMILES string of the molecule is Cc1[nH]ncc1C(=O)N1CCC(c2cncc(-c3cccc(C(F)(F)F)c3)n2)CC1. The van der Waals surface area contributed by atoms with Gasteiger partial charge in [-0.15, -0.1) is 0 Å². The lowest BCUT2D eigenvalue weighted by Crippen LogP contribution is -2.38. The van der Waals surface area contributed by atoms with E-state index in [1.165, 1.54) is 18.5 Å². The second-order valence-corrected chi connectivity index (χ2v) is 7.38. The van der Waals surface area contributed by atoms with Gasteiger partial charge in [-0.3, -0.25) is 14.9 Å². The minimum Gasteiger partial charge on any atom is -0.338 e. The number of nitrogens with zero attached hydrogens (tertiary/aromatic N) is 4. The summed E-state index contributed by atoms with van der Waals surface area (Å²) < 4.78 is 39.0. The summed E-state index contributed by atoms with van der Waals surface area (Å²) in [6.07, 6.45) is 1.67. The number of aryl methyl sites for hydroxylation is 1. The second kappa shape index (κ2) is 7.89. The molecule has 30 heavy (non-hydrogen) atoms. The van der Waals surface area contributed by atoms with Crippen molar-refractivity contribution >= 4 is 5.91 Å². The number of hydrogen-bond acceptors (Lipinski definition) is 4. The zero-order chi connectivity index (χ0) is 21.3. The van der Waals surface area contributed by atoms with Gasteiger partial charge in [0.15, 0.2) is 0 Å². The third-order valence-corrected chi connectivity index (χ3v) is 5.40. The van der Waals surface area contributed by atoms with E-state index in [0.29, 0.717) is 42.8 Å². The van der Waals surface area contributed by atoms with Gasteiger partial charge in [0.1, 0.15) is 0 Å². The van der Waals surface area contributed by atoms with E-state index >= 15 is 0 Å². The van der Waals surface area contributed by atoms with Crippen molar-refractivity contribution in [2.75, 3.05) is 13.1 Å². The molecule has 0 atom stereocenters. The predicted molar refractivity (Wildman–Crippen MR) is 104 cm³/mol. The van der Waals surface area contributed by atoms with Gasteiger partial charge in [-0.1, -0.05) is 12.1 Å². The zero-order valence-electron chi connectivity index (χ0n) is 16.3. The van der Waals surface area contributed by atoms with E-state index < -0.39 is 11.7 Å². The number of hydrogen-bond donors (Lipinski definition) is 1. The van der Waals surface area contributed by atoms with Gasteiger partial charge in [0.05, 0.1) is 34.9 Å². The zero-order valence-corrected chi connectivity index (χ0v) is 16.3. The number of carbonyl (C=O) groups excluding carboxylic acids is 1. The van der Waals surface area contributed by atoms with Crippen LogP contribution in [0.5, 0.6) is 0 Å². The molecule has 1 saturated heterocycles. The summed E-state index contributed by atoms with van der Waals surface area (Å²) in [6, 6.07) is 5.09. The normalized spacial score (nSPS) is 15.4. The Labute approximate surface area is 171 Å². The van der Waals surface area contributed by atoms with Gasteiger partial charge in [0.2, 0.25) is 0 Å². The first-order valence-electron chi connectivity index (χ1n) is 9.62. The maximum atomic E-state index is 13.0. The number of likely N-dealkylation sites (tertiary alicyclic amines) is 1. The summed E-state index contributed by atoms with van der Waals surface area (Å²) in [5.74, 6) is 0.0428. The molecule has 1 aliphatic rings. The molecule has 0 aliphatic carbocycles. The van der Waals surface area contributed by atoms with Crippen LogP contribution in [-0.4, -0.2) is 44.1 Å². The summed E-state index contributed by atoms with van der Waals surface area (Å²) in [5.41, 5.74) is 2.11. The molecule has 156 valence electrons. The molecule has 1 fully saturated rings. The van der Waals surface area contributed by atoms with E-state index in [4.69, 9.17) is 0 Å². The van der Waals surface area contributed by atoms with Crippen LogP contribution in [0.2, 0.25) is 0 Å². The van der Waals surface area contributed by atoms with Gasteiger partial charge >= 0.3 is 6.18 Å². The smallest absolute Gasteiger partial charge is 0.338 e. The van der Waals surface area contributed by atoms with Crippen LogP contribution in [0.15, 0.2) is 42.9 Å². The highest BCUT2D eigenvalue weighted by Gasteiger charge is 2.31. The van der Waals surface area contributed by atoms with Crippen molar-refractivity contribution in [2.24, 2.45) is 0 Å². The van der Waals surface area contributed by atoms with E-state index in [-0.39, 0.29) is 11.8 Å². The van der Waals surface area contributed by atoms with Crippen LogP contribution in [0.3, 0.4) is 0 Å². The van der Waals surface area contributed by atoms with Crippen molar-refractivity contribution in [3.8, 4) is 11.3 Å². The number of halogens is 3. The number of amides is 1. The highest BCUT2D eigenvalue weighted by atomic mass is 19.4. The minimum atomic E-state index is -4.41. The third-order valence-electron chi connectivity index (χ3n) is 5.40. The molecule has 3 heterocycles.